The second-order valence-corrected chi connectivity index (χ2v) is 9.04. The Morgan fingerprint density at radius 3 is 2.70 bits per heavy atom. The van der Waals surface area contributed by atoms with E-state index in [2.05, 4.69) is 33.4 Å². The number of rotatable bonds is 5. The van der Waals surface area contributed by atoms with Crippen molar-refractivity contribution in [3.63, 3.8) is 0 Å². The molecule has 1 N–H and O–H groups in total. The molecule has 5 rings (SSSR count). The molecule has 1 amide bonds. The Bertz CT molecular complexity index is 1350. The van der Waals surface area contributed by atoms with Gasteiger partial charge in [-0.3, -0.25) is 9.78 Å². The summed E-state index contributed by atoms with van der Waals surface area (Å²) in [6, 6.07) is 18.1. The van der Waals surface area contributed by atoms with Gasteiger partial charge in [0.15, 0.2) is 0 Å². The lowest BCUT2D eigenvalue weighted by Gasteiger charge is -2.18. The third-order valence-electron chi connectivity index (χ3n) is 6.37. The van der Waals surface area contributed by atoms with E-state index in [9.17, 15) is 9.59 Å². The largest absolute Gasteiger partial charge is 0.347 e. The van der Waals surface area contributed by atoms with Crippen molar-refractivity contribution in [1.82, 2.24) is 24.6 Å². The molecule has 7 heteroatoms. The van der Waals surface area contributed by atoms with Gasteiger partial charge in [-0.1, -0.05) is 44.2 Å². The maximum absolute atomic E-state index is 12.5. The van der Waals surface area contributed by atoms with Crippen molar-refractivity contribution in [1.29, 1.82) is 0 Å². The summed E-state index contributed by atoms with van der Waals surface area (Å²) in [4.78, 5) is 31.2. The molecule has 3 heterocycles. The summed E-state index contributed by atoms with van der Waals surface area (Å²) in [5, 5.41) is 7.99. The fourth-order valence-electron chi connectivity index (χ4n) is 4.60. The average Bonchev–Trinajstić information content (AvgIpc) is 3.45. The van der Waals surface area contributed by atoms with E-state index in [1.807, 2.05) is 55.1 Å². The molecule has 33 heavy (non-hydrogen) atoms. The number of hydrogen-bond donors (Lipinski definition) is 1. The van der Waals surface area contributed by atoms with Gasteiger partial charge in [0, 0.05) is 37.0 Å². The molecule has 4 aromatic rings. The number of nitrogens with zero attached hydrogens (tertiary/aromatic N) is 4. The molecule has 1 atom stereocenters. The van der Waals surface area contributed by atoms with Crippen molar-refractivity contribution in [2.24, 2.45) is 11.8 Å². The lowest BCUT2D eigenvalue weighted by molar-refractivity contribution is -0.133. The van der Waals surface area contributed by atoms with Crippen LogP contribution in [0.3, 0.4) is 0 Å². The summed E-state index contributed by atoms with van der Waals surface area (Å²) in [5.41, 5.74) is 3.62. The zero-order chi connectivity index (χ0) is 22.9. The first-order valence-corrected chi connectivity index (χ1v) is 11.4. The van der Waals surface area contributed by atoms with E-state index in [-0.39, 0.29) is 17.5 Å². The smallest absolute Gasteiger partial charge is 0.342 e. The molecule has 2 aromatic heterocycles. The summed E-state index contributed by atoms with van der Waals surface area (Å²) >= 11 is 0. The number of carbonyl (C=O) groups is 1. The van der Waals surface area contributed by atoms with Gasteiger partial charge in [0.05, 0.1) is 11.2 Å². The number of pyridine rings is 1. The van der Waals surface area contributed by atoms with Crippen LogP contribution in [0.2, 0.25) is 0 Å². The highest BCUT2D eigenvalue weighted by atomic mass is 16.2. The lowest BCUT2D eigenvalue weighted by atomic mass is 10.0. The summed E-state index contributed by atoms with van der Waals surface area (Å²) < 4.78 is 1.64. The zero-order valence-electron chi connectivity index (χ0n) is 18.9. The van der Waals surface area contributed by atoms with Crippen LogP contribution >= 0.6 is 0 Å². The van der Waals surface area contributed by atoms with Crippen LogP contribution in [0.25, 0.3) is 27.7 Å². The Morgan fingerprint density at radius 2 is 1.91 bits per heavy atom. The third-order valence-corrected chi connectivity index (χ3v) is 6.37. The highest BCUT2D eigenvalue weighted by molar-refractivity contribution is 5.84. The number of amides is 1. The van der Waals surface area contributed by atoms with Crippen LogP contribution in [-0.4, -0.2) is 43.6 Å². The van der Waals surface area contributed by atoms with Gasteiger partial charge in [-0.2, -0.15) is 5.10 Å². The SMILES string of the molecule is CC(C)C(=O)N1CCC(Cc2n[nH]c(=O)n2-c2ccc(-c3ccc4cccnc4c3)cc2)C1. The highest BCUT2D eigenvalue weighted by Gasteiger charge is 2.29. The van der Waals surface area contributed by atoms with E-state index in [1.54, 1.807) is 10.8 Å². The molecule has 0 aliphatic carbocycles. The summed E-state index contributed by atoms with van der Waals surface area (Å²) in [6.07, 6.45) is 3.37. The van der Waals surface area contributed by atoms with Crippen LogP contribution in [0.4, 0.5) is 0 Å². The van der Waals surface area contributed by atoms with E-state index >= 15 is 0 Å². The Balaban J connectivity index is 1.36. The normalized spacial score (nSPS) is 16.1. The zero-order valence-corrected chi connectivity index (χ0v) is 18.9. The Hall–Kier alpha value is -3.74. The number of hydrogen-bond acceptors (Lipinski definition) is 4. The predicted molar refractivity (Wildman–Crippen MR) is 128 cm³/mol. The van der Waals surface area contributed by atoms with E-state index in [1.165, 1.54) is 0 Å². The van der Waals surface area contributed by atoms with Crippen LogP contribution in [0.15, 0.2) is 65.6 Å². The van der Waals surface area contributed by atoms with Crippen molar-refractivity contribution >= 4 is 16.8 Å². The molecule has 0 radical (unpaired) electrons. The van der Waals surface area contributed by atoms with Crippen molar-refractivity contribution in [3.8, 4) is 16.8 Å². The Labute approximate surface area is 192 Å². The van der Waals surface area contributed by atoms with Crippen LogP contribution in [0.1, 0.15) is 26.1 Å². The molecule has 7 nitrogen and oxygen atoms in total. The van der Waals surface area contributed by atoms with Crippen molar-refractivity contribution in [2.75, 3.05) is 13.1 Å². The first kappa shape index (κ1) is 21.1. The number of H-pyrrole nitrogens is 1. The number of likely N-dealkylation sites (tertiary alicyclic amines) is 1. The Kier molecular flexibility index (Phi) is 5.54. The number of carbonyl (C=O) groups excluding carboxylic acids is 1. The monoisotopic (exact) mass is 441 g/mol. The topological polar surface area (TPSA) is 83.9 Å². The molecule has 1 unspecified atom stereocenters. The molecule has 0 saturated carbocycles. The second-order valence-electron chi connectivity index (χ2n) is 9.04. The first-order valence-electron chi connectivity index (χ1n) is 11.4. The number of benzene rings is 2. The van der Waals surface area contributed by atoms with Gasteiger partial charge in [-0.05, 0) is 47.7 Å². The van der Waals surface area contributed by atoms with Crippen molar-refractivity contribution < 1.29 is 4.79 Å². The molecule has 0 bridgehead atoms. The summed E-state index contributed by atoms with van der Waals surface area (Å²) in [6.45, 7) is 5.34. The minimum absolute atomic E-state index is 0.00390. The number of fused-ring (bicyclic) bond motifs is 1. The maximum Gasteiger partial charge on any atom is 0.347 e. The molecule has 1 saturated heterocycles. The fraction of sp³-hybridized carbons (Fsp3) is 0.308. The molecule has 1 aliphatic heterocycles. The number of nitrogens with one attached hydrogen (secondary N) is 1. The van der Waals surface area contributed by atoms with Crippen LogP contribution < -0.4 is 5.69 Å². The fourth-order valence-corrected chi connectivity index (χ4v) is 4.60. The van der Waals surface area contributed by atoms with Gasteiger partial charge in [-0.15, -0.1) is 0 Å². The van der Waals surface area contributed by atoms with Gasteiger partial charge in [0.2, 0.25) is 5.91 Å². The molecule has 1 fully saturated rings. The lowest BCUT2D eigenvalue weighted by Crippen LogP contribution is -2.32. The molecule has 1 aliphatic rings. The summed E-state index contributed by atoms with van der Waals surface area (Å²) in [7, 11) is 0. The number of aromatic amines is 1. The van der Waals surface area contributed by atoms with Gasteiger partial charge in [0.25, 0.3) is 0 Å². The standard InChI is InChI=1S/C26H27N5O2/c1-17(2)25(32)30-13-11-18(16-30)14-24-28-29-26(33)31(24)22-9-7-19(8-10-22)21-6-5-20-4-3-12-27-23(20)15-21/h3-10,12,15,17-18H,11,13-14,16H2,1-2H3,(H,29,33). The minimum atomic E-state index is -0.249. The molecular formula is C26H27N5O2. The minimum Gasteiger partial charge on any atom is -0.342 e. The van der Waals surface area contributed by atoms with Crippen molar-refractivity contribution in [3.05, 3.63) is 77.1 Å². The van der Waals surface area contributed by atoms with Crippen LogP contribution in [-0.2, 0) is 11.2 Å². The first-order chi connectivity index (χ1) is 16.0. The quantitative estimate of drug-likeness (QED) is 0.510. The second kappa shape index (κ2) is 8.65. The predicted octanol–water partition coefficient (Wildman–Crippen LogP) is 3.82. The third kappa shape index (κ3) is 4.18. The van der Waals surface area contributed by atoms with E-state index in [4.69, 9.17) is 0 Å². The molecule has 2 aromatic carbocycles. The van der Waals surface area contributed by atoms with Crippen molar-refractivity contribution in [2.45, 2.75) is 26.7 Å². The van der Waals surface area contributed by atoms with Gasteiger partial charge in [-0.25, -0.2) is 14.5 Å². The molecular weight excluding hydrogens is 414 g/mol. The maximum atomic E-state index is 12.5. The van der Waals surface area contributed by atoms with E-state index in [0.717, 1.165) is 40.7 Å². The van der Waals surface area contributed by atoms with E-state index < -0.39 is 0 Å². The van der Waals surface area contributed by atoms with E-state index in [0.29, 0.717) is 24.7 Å². The van der Waals surface area contributed by atoms with Gasteiger partial charge < -0.3 is 4.90 Å². The average molecular weight is 442 g/mol. The van der Waals surface area contributed by atoms with Gasteiger partial charge >= 0.3 is 5.69 Å². The highest BCUT2D eigenvalue weighted by Crippen LogP contribution is 2.26. The Morgan fingerprint density at radius 1 is 1.12 bits per heavy atom. The van der Waals surface area contributed by atoms with Crippen LogP contribution in [0.5, 0.6) is 0 Å². The van der Waals surface area contributed by atoms with Crippen LogP contribution in [0, 0.1) is 11.8 Å². The molecule has 0 spiro atoms. The number of aromatic nitrogens is 4. The summed E-state index contributed by atoms with van der Waals surface area (Å²) in [5.74, 6) is 1.19. The van der Waals surface area contributed by atoms with Gasteiger partial charge in [0.1, 0.15) is 5.82 Å². The molecule has 168 valence electrons.